The molecular formula is C13H14Cl2O3. The maximum absolute atomic E-state index is 12.1. The van der Waals surface area contributed by atoms with Crippen LogP contribution in [0.2, 0.25) is 0 Å². The van der Waals surface area contributed by atoms with Gasteiger partial charge in [0.25, 0.3) is 0 Å². The summed E-state index contributed by atoms with van der Waals surface area (Å²) < 4.78 is 4.93. The van der Waals surface area contributed by atoms with E-state index in [2.05, 4.69) is 0 Å². The minimum atomic E-state index is -0.330. The Hall–Kier alpha value is -0.800. The molecule has 2 aliphatic rings. The summed E-state index contributed by atoms with van der Waals surface area (Å²) in [6.45, 7) is 1.94. The van der Waals surface area contributed by atoms with Crippen molar-refractivity contribution in [3.63, 3.8) is 0 Å². The van der Waals surface area contributed by atoms with Crippen LogP contribution in [0.3, 0.4) is 0 Å². The molecule has 5 heteroatoms. The largest absolute Gasteiger partial charge is 0.493 e. The van der Waals surface area contributed by atoms with Gasteiger partial charge in [0.2, 0.25) is 5.78 Å². The van der Waals surface area contributed by atoms with Crippen LogP contribution in [-0.2, 0) is 14.3 Å². The van der Waals surface area contributed by atoms with Crippen LogP contribution < -0.4 is 0 Å². The van der Waals surface area contributed by atoms with E-state index >= 15 is 0 Å². The van der Waals surface area contributed by atoms with E-state index in [1.807, 2.05) is 6.92 Å². The van der Waals surface area contributed by atoms with Crippen molar-refractivity contribution in [1.29, 1.82) is 0 Å². The number of halogens is 2. The zero-order valence-corrected chi connectivity index (χ0v) is 11.7. The third-order valence-corrected chi connectivity index (χ3v) is 4.67. The maximum atomic E-state index is 12.1. The van der Waals surface area contributed by atoms with Gasteiger partial charge >= 0.3 is 0 Å². The first kappa shape index (κ1) is 13.6. The second kappa shape index (κ2) is 5.06. The van der Waals surface area contributed by atoms with E-state index in [1.165, 1.54) is 13.2 Å². The van der Waals surface area contributed by atoms with Gasteiger partial charge in [0.05, 0.1) is 17.9 Å². The number of allylic oxidation sites excluding steroid dienone is 3. The lowest BCUT2D eigenvalue weighted by Crippen LogP contribution is -2.38. The molecule has 3 nitrogen and oxygen atoms in total. The molecule has 3 unspecified atom stereocenters. The lowest BCUT2D eigenvalue weighted by Gasteiger charge is -2.35. The number of rotatable bonds is 2. The molecule has 0 N–H and O–H groups in total. The van der Waals surface area contributed by atoms with Gasteiger partial charge < -0.3 is 4.74 Å². The minimum absolute atomic E-state index is 0.0884. The quantitative estimate of drug-likeness (QED) is 0.579. The summed E-state index contributed by atoms with van der Waals surface area (Å²) in [7, 11) is 1.38. The highest BCUT2D eigenvalue weighted by atomic mass is 35.5. The molecule has 2 aliphatic carbocycles. The summed E-state index contributed by atoms with van der Waals surface area (Å²) in [4.78, 5) is 24.2. The Labute approximate surface area is 116 Å². The summed E-state index contributed by atoms with van der Waals surface area (Å²) in [5.74, 6) is -0.489. The summed E-state index contributed by atoms with van der Waals surface area (Å²) in [6.07, 6.45) is 2.26. The van der Waals surface area contributed by atoms with Crippen LogP contribution in [0.1, 0.15) is 19.8 Å². The predicted octanol–water partition coefficient (Wildman–Crippen LogP) is 2.61. The van der Waals surface area contributed by atoms with E-state index in [4.69, 9.17) is 27.9 Å². The van der Waals surface area contributed by atoms with Crippen molar-refractivity contribution in [3.05, 3.63) is 23.0 Å². The average molecular weight is 289 g/mol. The van der Waals surface area contributed by atoms with Crippen molar-refractivity contribution in [2.24, 2.45) is 5.92 Å². The Morgan fingerprint density at radius 2 is 2.06 bits per heavy atom. The van der Waals surface area contributed by atoms with Crippen LogP contribution in [0.25, 0.3) is 0 Å². The third-order valence-electron chi connectivity index (χ3n) is 3.51. The topological polar surface area (TPSA) is 43.4 Å². The number of hydrogen-bond acceptors (Lipinski definition) is 3. The van der Waals surface area contributed by atoms with Crippen LogP contribution in [0, 0.1) is 5.92 Å². The van der Waals surface area contributed by atoms with Crippen molar-refractivity contribution >= 4 is 34.8 Å². The third kappa shape index (κ3) is 1.99. The smallest absolute Gasteiger partial charge is 0.224 e. The van der Waals surface area contributed by atoms with Gasteiger partial charge in [-0.15, -0.1) is 23.2 Å². The van der Waals surface area contributed by atoms with Crippen molar-refractivity contribution in [2.45, 2.75) is 30.5 Å². The number of methoxy groups -OCH3 is 1. The first-order chi connectivity index (χ1) is 8.51. The van der Waals surface area contributed by atoms with Gasteiger partial charge in [0, 0.05) is 23.1 Å². The number of alkyl halides is 2. The normalized spacial score (nSPS) is 32.2. The molecule has 0 heterocycles. The number of ether oxygens (including phenoxy) is 1. The molecule has 98 valence electrons. The highest BCUT2D eigenvalue weighted by Crippen LogP contribution is 2.41. The number of hydrogen-bond donors (Lipinski definition) is 0. The van der Waals surface area contributed by atoms with Crippen molar-refractivity contribution in [3.8, 4) is 0 Å². The molecular weight excluding hydrogens is 275 g/mol. The van der Waals surface area contributed by atoms with Crippen LogP contribution in [0.4, 0.5) is 0 Å². The molecule has 0 radical (unpaired) electrons. The Balaban J connectivity index is 2.49. The molecule has 0 aliphatic heterocycles. The van der Waals surface area contributed by atoms with E-state index in [0.29, 0.717) is 24.0 Å². The highest BCUT2D eigenvalue weighted by Gasteiger charge is 2.42. The molecule has 0 aromatic heterocycles. The number of carbonyl (C=O) groups is 2. The number of carbonyl (C=O) groups excluding carboxylic acids is 2. The minimum Gasteiger partial charge on any atom is -0.493 e. The summed E-state index contributed by atoms with van der Waals surface area (Å²) in [6, 6.07) is 0. The van der Waals surface area contributed by atoms with E-state index in [0.717, 1.165) is 0 Å². The second-order valence-corrected chi connectivity index (χ2v) is 5.54. The molecule has 0 saturated heterocycles. The fraction of sp³-hybridized carbons (Fsp3) is 0.538. The molecule has 0 bridgehead atoms. The fourth-order valence-electron chi connectivity index (χ4n) is 2.59. The lowest BCUT2D eigenvalue weighted by atomic mass is 9.75. The molecule has 0 aromatic carbocycles. The van der Waals surface area contributed by atoms with Gasteiger partial charge in [0.1, 0.15) is 0 Å². The van der Waals surface area contributed by atoms with Crippen molar-refractivity contribution < 1.29 is 14.3 Å². The Morgan fingerprint density at radius 3 is 2.61 bits per heavy atom. The van der Waals surface area contributed by atoms with Crippen molar-refractivity contribution in [1.82, 2.24) is 0 Å². The molecule has 0 fully saturated rings. The molecule has 0 amide bonds. The van der Waals surface area contributed by atoms with Gasteiger partial charge in [0.15, 0.2) is 11.5 Å². The Morgan fingerprint density at radius 1 is 1.39 bits per heavy atom. The monoisotopic (exact) mass is 288 g/mol. The summed E-state index contributed by atoms with van der Waals surface area (Å²) >= 11 is 12.4. The maximum Gasteiger partial charge on any atom is 0.224 e. The summed E-state index contributed by atoms with van der Waals surface area (Å²) in [5, 5.41) is -0.645. The van der Waals surface area contributed by atoms with Gasteiger partial charge in [-0.2, -0.15) is 0 Å². The zero-order chi connectivity index (χ0) is 13.4. The molecule has 0 saturated carbocycles. The Kier molecular flexibility index (Phi) is 3.83. The molecule has 18 heavy (non-hydrogen) atoms. The SMILES string of the molecule is CCC1C2=C(CC(Cl)C1Cl)C(=O)C(OC)=CC2=O. The van der Waals surface area contributed by atoms with E-state index in [-0.39, 0.29) is 34.0 Å². The predicted molar refractivity (Wildman–Crippen MR) is 69.8 cm³/mol. The second-order valence-electron chi connectivity index (χ2n) is 4.48. The highest BCUT2D eigenvalue weighted by molar-refractivity contribution is 6.32. The number of ketones is 2. The van der Waals surface area contributed by atoms with E-state index in [9.17, 15) is 9.59 Å². The van der Waals surface area contributed by atoms with Gasteiger partial charge in [-0.3, -0.25) is 9.59 Å². The first-order valence-corrected chi connectivity index (χ1v) is 6.74. The zero-order valence-electron chi connectivity index (χ0n) is 10.2. The lowest BCUT2D eigenvalue weighted by molar-refractivity contribution is -0.118. The number of Topliss-reactive ketones (excluding diaryl/α,β-unsaturated/α-hetero) is 1. The summed E-state index contributed by atoms with van der Waals surface area (Å²) in [5.41, 5.74) is 1.00. The standard InChI is InChI=1S/C13H14Cl2O3/c1-3-6-11-7(4-8(14)12(6)15)13(17)10(18-2)5-9(11)16/h5-6,8,12H,3-4H2,1-2H3. The Bertz CT molecular complexity index is 465. The molecule has 3 atom stereocenters. The van der Waals surface area contributed by atoms with Crippen molar-refractivity contribution in [2.75, 3.05) is 7.11 Å². The fourth-order valence-corrected chi connectivity index (χ4v) is 3.31. The molecule has 0 spiro atoms. The average Bonchev–Trinajstić information content (AvgIpc) is 2.36. The van der Waals surface area contributed by atoms with Gasteiger partial charge in [-0.1, -0.05) is 6.92 Å². The molecule has 0 aromatic rings. The molecule has 2 rings (SSSR count). The van der Waals surface area contributed by atoms with Crippen LogP contribution in [0.5, 0.6) is 0 Å². The first-order valence-electron chi connectivity index (χ1n) is 5.87. The van der Waals surface area contributed by atoms with E-state index < -0.39 is 0 Å². The van der Waals surface area contributed by atoms with Crippen LogP contribution >= 0.6 is 23.2 Å². The van der Waals surface area contributed by atoms with Gasteiger partial charge in [-0.25, -0.2) is 0 Å². The van der Waals surface area contributed by atoms with Gasteiger partial charge in [-0.05, 0) is 12.8 Å². The van der Waals surface area contributed by atoms with E-state index in [1.54, 1.807) is 0 Å². The van der Waals surface area contributed by atoms with Crippen LogP contribution in [0.15, 0.2) is 23.0 Å². The van der Waals surface area contributed by atoms with Crippen LogP contribution in [-0.4, -0.2) is 29.4 Å².